The molecule has 1 aliphatic heterocycles. The summed E-state index contributed by atoms with van der Waals surface area (Å²) >= 11 is 0. The summed E-state index contributed by atoms with van der Waals surface area (Å²) in [6, 6.07) is 6.02. The van der Waals surface area contributed by atoms with Gasteiger partial charge >= 0.3 is 11.9 Å². The molecule has 2 atom stereocenters. The zero-order chi connectivity index (χ0) is 29.2. The molecule has 12 heteroatoms. The Labute approximate surface area is 245 Å². The molecule has 1 saturated heterocycles. The van der Waals surface area contributed by atoms with Gasteiger partial charge in [0.05, 0.1) is 24.9 Å². The smallest absolute Gasteiger partial charge is 0.447 e. The summed E-state index contributed by atoms with van der Waals surface area (Å²) in [5, 5.41) is 21.3. The van der Waals surface area contributed by atoms with Crippen LogP contribution in [0.15, 0.2) is 24.4 Å². The van der Waals surface area contributed by atoms with E-state index in [2.05, 4.69) is 38.9 Å². The van der Waals surface area contributed by atoms with Gasteiger partial charge in [0, 0.05) is 25.3 Å². The summed E-state index contributed by atoms with van der Waals surface area (Å²) in [5.74, 6) is 3.24. The number of anilines is 2. The number of nitrogens with zero attached hydrogens (tertiary/aromatic N) is 6. The van der Waals surface area contributed by atoms with Crippen LogP contribution in [0.3, 0.4) is 0 Å². The van der Waals surface area contributed by atoms with Crippen LogP contribution in [0.25, 0.3) is 11.2 Å². The third kappa shape index (κ3) is 5.90. The minimum atomic E-state index is -1.27. The first kappa shape index (κ1) is 28.3. The summed E-state index contributed by atoms with van der Waals surface area (Å²) in [7, 11) is 0. The second-order valence-corrected chi connectivity index (χ2v) is 12.2. The minimum Gasteiger partial charge on any atom is -0.447 e. The molecule has 0 radical (unpaired) electrons. The van der Waals surface area contributed by atoms with Gasteiger partial charge in [-0.25, -0.2) is 4.98 Å². The first-order valence-electron chi connectivity index (χ1n) is 15.3. The van der Waals surface area contributed by atoms with Crippen LogP contribution in [0.4, 0.5) is 16.6 Å². The van der Waals surface area contributed by atoms with Gasteiger partial charge in [-0.1, -0.05) is 32.3 Å². The second kappa shape index (κ2) is 12.2. The van der Waals surface area contributed by atoms with Crippen molar-refractivity contribution in [3.63, 3.8) is 0 Å². The number of aromatic nitrogens is 5. The third-order valence-electron chi connectivity index (χ3n) is 9.28. The van der Waals surface area contributed by atoms with Gasteiger partial charge in [-0.05, 0) is 62.5 Å². The van der Waals surface area contributed by atoms with Gasteiger partial charge < -0.3 is 24.6 Å². The molecule has 0 spiro atoms. The lowest BCUT2D eigenvalue weighted by molar-refractivity contribution is -0.117. The number of amides is 1. The Morgan fingerprint density at radius 2 is 1.98 bits per heavy atom. The predicted molar refractivity (Wildman–Crippen MR) is 159 cm³/mol. The second-order valence-electron chi connectivity index (χ2n) is 12.2. The molecule has 6 rings (SSSR count). The molecule has 5 N–H and O–H groups in total. The highest BCUT2D eigenvalue weighted by atomic mass is 16.5. The van der Waals surface area contributed by atoms with E-state index in [-0.39, 0.29) is 23.7 Å². The summed E-state index contributed by atoms with van der Waals surface area (Å²) in [6.07, 6.45) is 8.89. The Hall–Kier alpha value is -3.80. The van der Waals surface area contributed by atoms with Crippen molar-refractivity contribution in [1.29, 1.82) is 0 Å². The Bertz CT molecular complexity index is 1420. The molecule has 3 aromatic heterocycles. The topological polar surface area (TPSA) is 156 Å². The van der Waals surface area contributed by atoms with Crippen molar-refractivity contribution in [2.45, 2.75) is 77.4 Å². The molecule has 0 bridgehead atoms. The van der Waals surface area contributed by atoms with Gasteiger partial charge in [-0.3, -0.25) is 10.4 Å². The number of imidazole rings is 1. The molecule has 3 aliphatic rings. The Kier molecular flexibility index (Phi) is 8.23. The molecular weight excluding hydrogens is 534 g/mol. The van der Waals surface area contributed by atoms with Crippen LogP contribution < -0.4 is 20.9 Å². The van der Waals surface area contributed by atoms with E-state index in [9.17, 15) is 9.90 Å². The van der Waals surface area contributed by atoms with Crippen LogP contribution in [0.2, 0.25) is 0 Å². The highest BCUT2D eigenvalue weighted by molar-refractivity contribution is 6.01. The number of morpholine rings is 1. The van der Waals surface area contributed by atoms with Gasteiger partial charge in [-0.15, -0.1) is 0 Å². The molecule has 2 aliphatic carbocycles. The number of fused-ring (bicyclic) bond motifs is 1. The van der Waals surface area contributed by atoms with E-state index in [1.165, 1.54) is 32.1 Å². The number of ether oxygens (including phenoxy) is 1. The fourth-order valence-corrected chi connectivity index (χ4v) is 6.51. The minimum absolute atomic E-state index is 0.107. The van der Waals surface area contributed by atoms with Gasteiger partial charge in [0.25, 0.3) is 0 Å². The van der Waals surface area contributed by atoms with Crippen LogP contribution in [-0.2, 0) is 11.3 Å². The van der Waals surface area contributed by atoms with Crippen molar-refractivity contribution in [3.8, 4) is 0 Å². The maximum absolute atomic E-state index is 11.4. The monoisotopic (exact) mass is 576 g/mol. The fourth-order valence-electron chi connectivity index (χ4n) is 6.51. The van der Waals surface area contributed by atoms with Crippen LogP contribution in [0, 0.1) is 17.8 Å². The van der Waals surface area contributed by atoms with E-state index in [0.717, 1.165) is 42.5 Å². The zero-order valence-electron chi connectivity index (χ0n) is 24.5. The maximum atomic E-state index is 11.4. The highest BCUT2D eigenvalue weighted by Crippen LogP contribution is 2.38. The molecule has 0 aromatic carbocycles. The van der Waals surface area contributed by atoms with Crippen molar-refractivity contribution in [2.75, 3.05) is 30.0 Å². The number of hydrogen-bond donors (Lipinski definition) is 4. The number of nitrogens with two attached hydrogens (primary N) is 1. The zero-order valence-corrected chi connectivity index (χ0v) is 24.5. The quantitative estimate of drug-likeness (QED) is 0.234. The molecule has 4 heterocycles. The van der Waals surface area contributed by atoms with Crippen molar-refractivity contribution in [2.24, 2.45) is 17.8 Å². The lowest BCUT2D eigenvalue weighted by atomic mass is 9.80. The van der Waals surface area contributed by atoms with Gasteiger partial charge in [0.15, 0.2) is 11.5 Å². The number of amidine groups is 1. The lowest BCUT2D eigenvalue weighted by Crippen LogP contribution is -2.52. The van der Waals surface area contributed by atoms with Gasteiger partial charge in [-0.2, -0.15) is 20.1 Å². The molecule has 224 valence electrons. The number of nitrogens with one attached hydrogen (secondary N) is 2. The van der Waals surface area contributed by atoms with E-state index >= 15 is 0 Å². The van der Waals surface area contributed by atoms with Gasteiger partial charge in [0.1, 0.15) is 5.52 Å². The average Bonchev–Trinajstić information content (AvgIpc) is 3.31. The standard InChI is InChI=1S/C30H41N9O3/c1-18-9-11-20(12-10-18)16-39-24-26(33-19(2)21-6-5-7-21)35-28(25(31)34-30(40)41)36-27(24)37-29(39)38-14-15-42-17-23(38)22-8-3-4-13-32-22/h3-4,8,13,18-21,23H,5-7,9-12,14-17H2,1-2H3,(H2,31,34)(H,40,41)(H,33,35,36)/p+1/t18?,19-,20?,23+/m1/s1. The number of pyridine rings is 1. The number of carbonyl (C=O) groups is 1. The molecule has 1 amide bonds. The fraction of sp³-hybridized carbons (Fsp3) is 0.600. The Morgan fingerprint density at radius 3 is 2.67 bits per heavy atom. The molecule has 42 heavy (non-hydrogen) atoms. The van der Waals surface area contributed by atoms with Crippen LogP contribution in [-0.4, -0.2) is 67.3 Å². The first-order chi connectivity index (χ1) is 20.4. The largest absolute Gasteiger partial charge is 0.502 e. The number of hydrogen-bond acceptors (Lipinski definition) is 8. The van der Waals surface area contributed by atoms with Crippen molar-refractivity contribution >= 4 is 34.9 Å². The molecular formula is C30H42N9O3+. The van der Waals surface area contributed by atoms with E-state index in [0.29, 0.717) is 43.1 Å². The predicted octanol–water partition coefficient (Wildman–Crippen LogP) is 3.00. The van der Waals surface area contributed by atoms with E-state index in [4.69, 9.17) is 25.1 Å². The molecule has 0 unspecified atom stereocenters. The highest BCUT2D eigenvalue weighted by Gasteiger charge is 2.34. The molecule has 12 nitrogen and oxygen atoms in total. The molecule has 3 aromatic rings. The van der Waals surface area contributed by atoms with E-state index in [1.807, 2.05) is 24.4 Å². The van der Waals surface area contributed by atoms with Crippen molar-refractivity contribution in [3.05, 3.63) is 35.9 Å². The average molecular weight is 577 g/mol. The van der Waals surface area contributed by atoms with Crippen LogP contribution in [0.1, 0.15) is 76.4 Å². The summed E-state index contributed by atoms with van der Waals surface area (Å²) in [6.45, 7) is 7.06. The molecule has 2 saturated carbocycles. The Morgan fingerprint density at radius 1 is 1.17 bits per heavy atom. The number of carboxylic acid groups (broad SMARTS) is 1. The van der Waals surface area contributed by atoms with Crippen molar-refractivity contribution in [1.82, 2.24) is 29.8 Å². The van der Waals surface area contributed by atoms with E-state index in [1.54, 1.807) is 0 Å². The first-order valence-corrected chi connectivity index (χ1v) is 15.3. The van der Waals surface area contributed by atoms with Crippen LogP contribution in [0.5, 0.6) is 0 Å². The van der Waals surface area contributed by atoms with Crippen LogP contribution >= 0.6 is 0 Å². The summed E-state index contributed by atoms with van der Waals surface area (Å²) in [4.78, 5) is 33.0. The third-order valence-corrected chi connectivity index (χ3v) is 9.28. The Balaban J connectivity index is 1.48. The number of rotatable bonds is 8. The maximum Gasteiger partial charge on any atom is 0.502 e. The summed E-state index contributed by atoms with van der Waals surface area (Å²) < 4.78 is 8.22. The van der Waals surface area contributed by atoms with E-state index < -0.39 is 6.09 Å². The normalized spacial score (nSPS) is 23.8. The molecule has 3 fully saturated rings. The van der Waals surface area contributed by atoms with Gasteiger partial charge in [0.2, 0.25) is 11.8 Å². The lowest BCUT2D eigenvalue weighted by Gasteiger charge is -2.37. The van der Waals surface area contributed by atoms with Crippen molar-refractivity contribution < 1.29 is 20.0 Å². The summed E-state index contributed by atoms with van der Waals surface area (Å²) in [5.41, 5.74) is 2.24. The SMILES string of the molecule is CC1CCC(Cn2c(N3CCOC[C@H]3c3ccccn3)nc3nc(C(=[NH2+])NC(=O)O)nc(N[C@H](C)C4CCC4)c32)CC1.